The van der Waals surface area contributed by atoms with Crippen molar-refractivity contribution in [2.45, 2.75) is 26.0 Å². The molecule has 0 radical (unpaired) electrons. The second kappa shape index (κ2) is 14.4. The van der Waals surface area contributed by atoms with Gasteiger partial charge in [0.15, 0.2) is 5.13 Å². The van der Waals surface area contributed by atoms with E-state index in [0.717, 1.165) is 43.8 Å². The number of amides is 2. The number of halogens is 5. The van der Waals surface area contributed by atoms with E-state index < -0.39 is 11.9 Å². The van der Waals surface area contributed by atoms with Gasteiger partial charge < -0.3 is 15.0 Å². The van der Waals surface area contributed by atoms with Crippen molar-refractivity contribution in [1.82, 2.24) is 20.1 Å². The fraction of sp³-hybridized carbons (Fsp3) is 0.333. The number of hydrogen-bond acceptors (Lipinski definition) is 6. The maximum absolute atomic E-state index is 14.1. The van der Waals surface area contributed by atoms with Crippen LogP contribution in [-0.4, -0.2) is 60.1 Å². The van der Waals surface area contributed by atoms with Gasteiger partial charge >= 0.3 is 6.03 Å². The summed E-state index contributed by atoms with van der Waals surface area (Å²) in [4.78, 5) is 21.5. The fourth-order valence-corrected chi connectivity index (χ4v) is 6.72. The lowest BCUT2D eigenvalue weighted by Gasteiger charge is -2.34. The Morgan fingerprint density at radius 1 is 1.02 bits per heavy atom. The zero-order valence-electron chi connectivity index (χ0n) is 23.3. The molecule has 228 valence electrons. The highest BCUT2D eigenvalue weighted by Crippen LogP contribution is 2.36. The zero-order chi connectivity index (χ0) is 30.5. The summed E-state index contributed by atoms with van der Waals surface area (Å²) in [6.45, 7) is 7.01. The van der Waals surface area contributed by atoms with Crippen LogP contribution in [0.1, 0.15) is 30.6 Å². The van der Waals surface area contributed by atoms with E-state index in [1.807, 2.05) is 0 Å². The Hall–Kier alpha value is -2.73. The summed E-state index contributed by atoms with van der Waals surface area (Å²) in [6, 6.07) is 12.4. The summed E-state index contributed by atoms with van der Waals surface area (Å²) in [5.41, 5.74) is 1.62. The molecule has 3 aromatic carbocycles. The molecule has 1 saturated heterocycles. The van der Waals surface area contributed by atoms with Crippen molar-refractivity contribution in [3.63, 3.8) is 0 Å². The number of rotatable bonds is 10. The number of aromatic nitrogens is 1. The Labute approximate surface area is 267 Å². The summed E-state index contributed by atoms with van der Waals surface area (Å²) in [5.74, 6) is -0.300. The van der Waals surface area contributed by atoms with Crippen molar-refractivity contribution in [1.29, 1.82) is 0 Å². The van der Waals surface area contributed by atoms with Crippen LogP contribution in [0.25, 0.3) is 10.2 Å². The Balaban J connectivity index is 1.04. The molecule has 0 aliphatic carbocycles. The van der Waals surface area contributed by atoms with Gasteiger partial charge in [-0.15, -0.1) is 0 Å². The van der Waals surface area contributed by atoms with Crippen LogP contribution in [0.5, 0.6) is 5.75 Å². The molecule has 1 unspecified atom stereocenters. The van der Waals surface area contributed by atoms with E-state index in [4.69, 9.17) is 39.5 Å². The van der Waals surface area contributed by atoms with Crippen LogP contribution in [0.4, 0.5) is 18.7 Å². The maximum Gasteiger partial charge on any atom is 0.321 e. The molecule has 0 saturated carbocycles. The highest BCUT2D eigenvalue weighted by atomic mass is 35.5. The van der Waals surface area contributed by atoms with Crippen LogP contribution < -0.4 is 15.4 Å². The predicted molar refractivity (Wildman–Crippen MR) is 170 cm³/mol. The highest BCUT2D eigenvalue weighted by Gasteiger charge is 2.20. The molecule has 1 fully saturated rings. The van der Waals surface area contributed by atoms with Crippen LogP contribution in [-0.2, 0) is 6.54 Å². The molecule has 2 N–H and O–H groups in total. The first-order valence-corrected chi connectivity index (χ1v) is 15.8. The SMILES string of the molecule is CC(Oc1ccc2nc(NC(=O)NCCCN3CCN(Cc4c(F)cccc4Cl)CC3)sc2c1)c1c(Cl)ccc(F)c1Cl. The van der Waals surface area contributed by atoms with Crippen LogP contribution >= 0.6 is 46.1 Å². The molecule has 1 aromatic heterocycles. The molecule has 1 aliphatic heterocycles. The molecule has 5 rings (SSSR count). The van der Waals surface area contributed by atoms with Gasteiger partial charge in [-0.1, -0.05) is 52.2 Å². The molecule has 2 amide bonds. The van der Waals surface area contributed by atoms with Crippen molar-refractivity contribution in [3.05, 3.63) is 86.4 Å². The third-order valence-electron chi connectivity index (χ3n) is 7.22. The number of nitrogens with zero attached hydrogens (tertiary/aromatic N) is 3. The van der Waals surface area contributed by atoms with Gasteiger partial charge in [0.25, 0.3) is 0 Å². The second-order valence-corrected chi connectivity index (χ2v) is 12.4. The first kappa shape index (κ1) is 31.7. The van der Waals surface area contributed by atoms with Crippen molar-refractivity contribution >= 4 is 67.5 Å². The summed E-state index contributed by atoms with van der Waals surface area (Å²) in [5, 5.41) is 6.84. The fourth-order valence-electron chi connectivity index (χ4n) is 4.93. The van der Waals surface area contributed by atoms with Gasteiger partial charge in [0, 0.05) is 60.4 Å². The molecule has 43 heavy (non-hydrogen) atoms. The number of piperazine rings is 1. The lowest BCUT2D eigenvalue weighted by molar-refractivity contribution is 0.125. The van der Waals surface area contributed by atoms with Crippen molar-refractivity contribution in [2.75, 3.05) is 44.6 Å². The minimum Gasteiger partial charge on any atom is -0.486 e. The first-order chi connectivity index (χ1) is 20.7. The van der Waals surface area contributed by atoms with Crippen LogP contribution in [0.2, 0.25) is 15.1 Å². The Morgan fingerprint density at radius 3 is 2.56 bits per heavy atom. The van der Waals surface area contributed by atoms with E-state index in [2.05, 4.69) is 25.4 Å². The lowest BCUT2D eigenvalue weighted by atomic mass is 10.1. The minimum absolute atomic E-state index is 0.0682. The van der Waals surface area contributed by atoms with E-state index in [1.165, 1.54) is 29.5 Å². The summed E-state index contributed by atoms with van der Waals surface area (Å²) in [7, 11) is 0. The maximum atomic E-state index is 14.1. The molecule has 4 aromatic rings. The minimum atomic E-state index is -0.591. The number of carbonyl (C=O) groups excluding carboxylic acids is 1. The molecule has 13 heteroatoms. The lowest BCUT2D eigenvalue weighted by Crippen LogP contribution is -2.46. The predicted octanol–water partition coefficient (Wildman–Crippen LogP) is 8.00. The van der Waals surface area contributed by atoms with E-state index in [1.54, 1.807) is 37.3 Å². The van der Waals surface area contributed by atoms with Crippen LogP contribution in [0, 0.1) is 11.6 Å². The van der Waals surface area contributed by atoms with E-state index in [9.17, 15) is 13.6 Å². The van der Waals surface area contributed by atoms with Gasteiger partial charge in [0.05, 0.1) is 15.2 Å². The average molecular weight is 669 g/mol. The van der Waals surface area contributed by atoms with Crippen molar-refractivity contribution in [2.24, 2.45) is 0 Å². The molecule has 1 aliphatic rings. The van der Waals surface area contributed by atoms with Gasteiger partial charge in [0.1, 0.15) is 23.5 Å². The van der Waals surface area contributed by atoms with E-state index >= 15 is 0 Å². The van der Waals surface area contributed by atoms with Crippen LogP contribution in [0.3, 0.4) is 0 Å². The number of benzene rings is 3. The summed E-state index contributed by atoms with van der Waals surface area (Å²) in [6.07, 6.45) is 0.205. The molecular weight excluding hydrogens is 639 g/mol. The first-order valence-electron chi connectivity index (χ1n) is 13.8. The van der Waals surface area contributed by atoms with Crippen molar-refractivity contribution < 1.29 is 18.3 Å². The third-order valence-corrected chi connectivity index (χ3v) is 9.23. The highest BCUT2D eigenvalue weighted by molar-refractivity contribution is 7.22. The standard InChI is InChI=1S/C30H30Cl3F2N5O2S/c1-18(27-22(32)7-8-24(35)28(27)33)42-19-6-9-25-26(16-19)43-30(37-25)38-29(41)36-10-3-11-39-12-14-40(15-13-39)17-20-21(31)4-2-5-23(20)34/h2,4-9,16,18H,3,10-15,17H2,1H3,(H2,36,37,38,41). The Morgan fingerprint density at radius 2 is 1.79 bits per heavy atom. The molecular formula is C30H30Cl3F2N5O2S. The number of carbonyl (C=O) groups is 1. The van der Waals surface area contributed by atoms with Gasteiger partial charge in [-0.3, -0.25) is 10.2 Å². The summed E-state index contributed by atoms with van der Waals surface area (Å²) < 4.78 is 34.8. The number of nitrogens with one attached hydrogen (secondary N) is 2. The molecule has 7 nitrogen and oxygen atoms in total. The zero-order valence-corrected chi connectivity index (χ0v) is 26.4. The summed E-state index contributed by atoms with van der Waals surface area (Å²) >= 11 is 19.8. The topological polar surface area (TPSA) is 69.7 Å². The number of anilines is 1. The molecule has 0 spiro atoms. The average Bonchev–Trinajstić information content (AvgIpc) is 3.37. The molecule has 1 atom stereocenters. The quantitative estimate of drug-likeness (QED) is 0.132. The third kappa shape index (κ3) is 8.06. The number of ether oxygens (including phenoxy) is 1. The molecule has 2 heterocycles. The van der Waals surface area contributed by atoms with E-state index in [-0.39, 0.29) is 16.9 Å². The Kier molecular flexibility index (Phi) is 10.6. The normalized spacial score (nSPS) is 15.0. The van der Waals surface area contributed by atoms with Crippen LogP contribution in [0.15, 0.2) is 48.5 Å². The smallest absolute Gasteiger partial charge is 0.321 e. The van der Waals surface area contributed by atoms with Gasteiger partial charge in [-0.25, -0.2) is 18.6 Å². The Bertz CT molecular complexity index is 1580. The second-order valence-electron chi connectivity index (χ2n) is 10.2. The number of thiazole rings is 1. The van der Waals surface area contributed by atoms with Gasteiger partial charge in [-0.2, -0.15) is 0 Å². The van der Waals surface area contributed by atoms with E-state index in [0.29, 0.717) is 50.7 Å². The number of fused-ring (bicyclic) bond motifs is 1. The molecule has 0 bridgehead atoms. The number of hydrogen-bond donors (Lipinski definition) is 2. The monoisotopic (exact) mass is 667 g/mol. The van der Waals surface area contributed by atoms with Gasteiger partial charge in [0.2, 0.25) is 0 Å². The van der Waals surface area contributed by atoms with Gasteiger partial charge in [-0.05, 0) is 62.4 Å². The number of urea groups is 1. The largest absolute Gasteiger partial charge is 0.486 e. The van der Waals surface area contributed by atoms with Crippen molar-refractivity contribution in [3.8, 4) is 5.75 Å².